The summed E-state index contributed by atoms with van der Waals surface area (Å²) in [6.07, 6.45) is 5.03. The monoisotopic (exact) mass is 528 g/mol. The quantitative estimate of drug-likeness (QED) is 0.295. The van der Waals surface area contributed by atoms with E-state index in [1.807, 2.05) is 24.3 Å². The Hall–Kier alpha value is -1.94. The molecule has 2 aromatic rings. The van der Waals surface area contributed by atoms with E-state index >= 15 is 0 Å². The average molecular weight is 528 g/mol. The van der Waals surface area contributed by atoms with Crippen molar-refractivity contribution in [1.29, 1.82) is 0 Å². The minimum absolute atomic E-state index is 0. The molecule has 1 aromatic heterocycles. The molecule has 1 atom stereocenters. The van der Waals surface area contributed by atoms with E-state index in [-0.39, 0.29) is 30.0 Å². The van der Waals surface area contributed by atoms with Crippen LogP contribution >= 0.6 is 24.0 Å². The summed E-state index contributed by atoms with van der Waals surface area (Å²) in [4.78, 5) is 6.84. The lowest BCUT2D eigenvalue weighted by molar-refractivity contribution is 0.215. The summed E-state index contributed by atoms with van der Waals surface area (Å²) >= 11 is 0. The van der Waals surface area contributed by atoms with Gasteiger partial charge in [0.05, 0.1) is 26.5 Å². The molecule has 2 heterocycles. The molecule has 7 nitrogen and oxygen atoms in total. The van der Waals surface area contributed by atoms with E-state index in [1.54, 1.807) is 27.5 Å². The van der Waals surface area contributed by atoms with Gasteiger partial charge < -0.3 is 24.5 Å². The molecular weight excluding hydrogens is 495 g/mol. The molecule has 166 valence electrons. The van der Waals surface area contributed by atoms with Gasteiger partial charge in [-0.2, -0.15) is 0 Å². The Kier molecular flexibility index (Phi) is 10.3. The molecule has 1 aliphatic heterocycles. The molecule has 1 fully saturated rings. The number of hydrogen-bond acceptors (Lipinski definition) is 5. The molecule has 0 radical (unpaired) electrons. The van der Waals surface area contributed by atoms with E-state index in [0.717, 1.165) is 61.4 Å². The van der Waals surface area contributed by atoms with E-state index in [2.05, 4.69) is 26.6 Å². The lowest BCUT2D eigenvalue weighted by atomic mass is 10.1. The number of methoxy groups -OCH3 is 2. The summed E-state index contributed by atoms with van der Waals surface area (Å²) in [6.45, 7) is 3.69. The van der Waals surface area contributed by atoms with Crippen LogP contribution in [0.1, 0.15) is 30.2 Å². The van der Waals surface area contributed by atoms with Crippen LogP contribution in [0.4, 0.5) is 0 Å². The van der Waals surface area contributed by atoms with Crippen molar-refractivity contribution >= 4 is 29.9 Å². The zero-order valence-electron chi connectivity index (χ0n) is 18.0. The minimum Gasteiger partial charge on any atom is -0.497 e. The number of ether oxygens (including phenoxy) is 2. The first-order valence-corrected chi connectivity index (χ1v) is 10.2. The van der Waals surface area contributed by atoms with Crippen LogP contribution in [0.15, 0.2) is 46.0 Å². The average Bonchev–Trinajstić information content (AvgIpc) is 3.47. The third-order valence-electron chi connectivity index (χ3n) is 5.31. The fourth-order valence-electron chi connectivity index (χ4n) is 3.75. The molecule has 30 heavy (non-hydrogen) atoms. The molecule has 0 amide bonds. The van der Waals surface area contributed by atoms with Crippen molar-refractivity contribution in [2.24, 2.45) is 4.99 Å². The smallest absolute Gasteiger partial charge is 0.191 e. The molecule has 8 heteroatoms. The molecule has 1 saturated heterocycles. The Morgan fingerprint density at radius 1 is 1.17 bits per heavy atom. The third kappa shape index (κ3) is 6.53. The highest BCUT2D eigenvalue weighted by Crippen LogP contribution is 2.25. The highest BCUT2D eigenvalue weighted by atomic mass is 127. The van der Waals surface area contributed by atoms with Crippen molar-refractivity contribution in [3.63, 3.8) is 0 Å². The number of aliphatic imine (C=N–C) groups is 1. The second-order valence-corrected chi connectivity index (χ2v) is 7.08. The molecule has 0 aliphatic carbocycles. The molecule has 0 saturated carbocycles. The van der Waals surface area contributed by atoms with Crippen LogP contribution in [0.5, 0.6) is 11.5 Å². The maximum Gasteiger partial charge on any atom is 0.191 e. The lowest BCUT2D eigenvalue weighted by Gasteiger charge is -2.26. The van der Waals surface area contributed by atoms with Gasteiger partial charge in [0.2, 0.25) is 0 Å². The van der Waals surface area contributed by atoms with Gasteiger partial charge >= 0.3 is 0 Å². The van der Waals surface area contributed by atoms with Crippen LogP contribution < -0.4 is 20.1 Å². The van der Waals surface area contributed by atoms with Gasteiger partial charge in [-0.05, 0) is 68.2 Å². The van der Waals surface area contributed by atoms with Crippen LogP contribution in [0.2, 0.25) is 0 Å². The van der Waals surface area contributed by atoms with Crippen LogP contribution in [0, 0.1) is 0 Å². The maximum absolute atomic E-state index is 5.69. The molecule has 2 N–H and O–H groups in total. The number of benzene rings is 1. The summed E-state index contributed by atoms with van der Waals surface area (Å²) in [5.41, 5.74) is 1.10. The van der Waals surface area contributed by atoms with Crippen molar-refractivity contribution in [2.45, 2.75) is 25.3 Å². The van der Waals surface area contributed by atoms with Crippen molar-refractivity contribution in [3.8, 4) is 11.5 Å². The Morgan fingerprint density at radius 3 is 2.60 bits per heavy atom. The fourth-order valence-corrected chi connectivity index (χ4v) is 3.75. The molecule has 1 aliphatic rings. The molecular formula is C22H33IN4O3. The summed E-state index contributed by atoms with van der Waals surface area (Å²) < 4.78 is 16.5. The third-order valence-corrected chi connectivity index (χ3v) is 5.31. The first-order valence-electron chi connectivity index (χ1n) is 10.2. The molecule has 1 aromatic carbocycles. The van der Waals surface area contributed by atoms with Crippen molar-refractivity contribution in [3.05, 3.63) is 47.9 Å². The number of furan rings is 1. The van der Waals surface area contributed by atoms with Crippen LogP contribution in [0.25, 0.3) is 0 Å². The first kappa shape index (κ1) is 24.3. The van der Waals surface area contributed by atoms with Crippen molar-refractivity contribution < 1.29 is 13.9 Å². The Labute approximate surface area is 196 Å². The van der Waals surface area contributed by atoms with E-state index < -0.39 is 0 Å². The largest absolute Gasteiger partial charge is 0.497 e. The number of nitrogens with one attached hydrogen (secondary N) is 2. The lowest BCUT2D eigenvalue weighted by Crippen LogP contribution is -2.43. The standard InChI is InChI=1S/C22H32N4O3.HI/c1-23-22(24-11-10-17-15-18(27-2)8-9-20(17)28-3)25-16-19(21-7-6-14-29-21)26-12-4-5-13-26;/h6-9,14-15,19H,4-5,10-13,16H2,1-3H3,(H2,23,24,25);1H. The number of nitrogens with zero attached hydrogens (tertiary/aromatic N) is 2. The molecule has 3 rings (SSSR count). The second kappa shape index (κ2) is 12.7. The Morgan fingerprint density at radius 2 is 1.97 bits per heavy atom. The zero-order valence-corrected chi connectivity index (χ0v) is 20.3. The van der Waals surface area contributed by atoms with Gasteiger partial charge in [0.1, 0.15) is 17.3 Å². The molecule has 0 spiro atoms. The van der Waals surface area contributed by atoms with Crippen LogP contribution in [-0.2, 0) is 6.42 Å². The Bertz CT molecular complexity index is 777. The molecule has 1 unspecified atom stereocenters. The maximum atomic E-state index is 5.69. The van der Waals surface area contributed by atoms with E-state index in [1.165, 1.54) is 12.8 Å². The molecule has 0 bridgehead atoms. The number of guanidine groups is 1. The van der Waals surface area contributed by atoms with Crippen LogP contribution in [0.3, 0.4) is 0 Å². The van der Waals surface area contributed by atoms with E-state index in [4.69, 9.17) is 13.9 Å². The van der Waals surface area contributed by atoms with Gasteiger partial charge in [0.15, 0.2) is 5.96 Å². The number of rotatable bonds is 9. The summed E-state index contributed by atoms with van der Waals surface area (Å²) in [7, 11) is 5.15. The zero-order chi connectivity index (χ0) is 20.5. The fraction of sp³-hybridized carbons (Fsp3) is 0.500. The first-order chi connectivity index (χ1) is 14.2. The topological polar surface area (TPSA) is 71.3 Å². The highest BCUT2D eigenvalue weighted by molar-refractivity contribution is 14.0. The number of halogens is 1. The highest BCUT2D eigenvalue weighted by Gasteiger charge is 2.25. The minimum atomic E-state index is 0. The summed E-state index contributed by atoms with van der Waals surface area (Å²) in [6, 6.07) is 10.1. The number of hydrogen-bond donors (Lipinski definition) is 2. The van der Waals surface area contributed by atoms with Crippen molar-refractivity contribution in [1.82, 2.24) is 15.5 Å². The van der Waals surface area contributed by atoms with Gasteiger partial charge in [-0.15, -0.1) is 24.0 Å². The van der Waals surface area contributed by atoms with Gasteiger partial charge in [0.25, 0.3) is 0 Å². The van der Waals surface area contributed by atoms with E-state index in [9.17, 15) is 0 Å². The van der Waals surface area contributed by atoms with Gasteiger partial charge in [-0.25, -0.2) is 0 Å². The predicted molar refractivity (Wildman–Crippen MR) is 130 cm³/mol. The predicted octanol–water partition coefficient (Wildman–Crippen LogP) is 3.46. The van der Waals surface area contributed by atoms with Gasteiger partial charge in [-0.3, -0.25) is 9.89 Å². The van der Waals surface area contributed by atoms with Crippen molar-refractivity contribution in [2.75, 3.05) is 47.4 Å². The normalized spacial score (nSPS) is 15.4. The number of likely N-dealkylation sites (tertiary alicyclic amines) is 1. The summed E-state index contributed by atoms with van der Waals surface area (Å²) in [5.74, 6) is 3.47. The second-order valence-electron chi connectivity index (χ2n) is 7.08. The van der Waals surface area contributed by atoms with Crippen LogP contribution in [-0.4, -0.2) is 58.3 Å². The van der Waals surface area contributed by atoms with Gasteiger partial charge in [0, 0.05) is 20.1 Å². The Balaban J connectivity index is 0.00000320. The van der Waals surface area contributed by atoms with Gasteiger partial charge in [-0.1, -0.05) is 0 Å². The van der Waals surface area contributed by atoms with E-state index in [0.29, 0.717) is 0 Å². The summed E-state index contributed by atoms with van der Waals surface area (Å²) in [5, 5.41) is 6.84. The SMILES string of the molecule is CN=C(NCCc1cc(OC)ccc1OC)NCC(c1ccco1)N1CCCC1.I.